The second-order valence-electron chi connectivity index (χ2n) is 5.97. The number of aryl methyl sites for hydroxylation is 1. The summed E-state index contributed by atoms with van der Waals surface area (Å²) < 4.78 is 0. The highest BCUT2D eigenvalue weighted by atomic mass is 32.1. The number of aromatic nitrogens is 1. The van der Waals surface area contributed by atoms with E-state index in [0.717, 1.165) is 5.69 Å². The standard InChI is InChI=1S/C15H27N3S/c1-11(2)18-8-5-6-14(7-9-18)17-13(4)15-16-12(3)10-19-15/h10-11,13-14,17H,5-9H2,1-4H3. The van der Waals surface area contributed by atoms with Crippen LogP contribution in [-0.2, 0) is 0 Å². The van der Waals surface area contributed by atoms with Crippen molar-refractivity contribution in [2.75, 3.05) is 13.1 Å². The summed E-state index contributed by atoms with van der Waals surface area (Å²) in [5.74, 6) is 0. The van der Waals surface area contributed by atoms with Crippen LogP contribution in [0.1, 0.15) is 56.8 Å². The molecule has 0 aromatic carbocycles. The van der Waals surface area contributed by atoms with Crippen molar-refractivity contribution >= 4 is 11.3 Å². The Kier molecular flexibility index (Phi) is 5.37. The third-order valence-corrected chi connectivity index (χ3v) is 5.13. The van der Waals surface area contributed by atoms with Gasteiger partial charge in [-0.15, -0.1) is 11.3 Å². The van der Waals surface area contributed by atoms with Crippen LogP contribution in [0.5, 0.6) is 0 Å². The summed E-state index contributed by atoms with van der Waals surface area (Å²) in [5, 5.41) is 7.13. The highest BCUT2D eigenvalue weighted by Gasteiger charge is 2.20. The van der Waals surface area contributed by atoms with E-state index in [1.807, 2.05) is 0 Å². The van der Waals surface area contributed by atoms with Gasteiger partial charge in [-0.05, 0) is 60.0 Å². The Labute approximate surface area is 121 Å². The van der Waals surface area contributed by atoms with Crippen molar-refractivity contribution in [1.82, 2.24) is 15.2 Å². The van der Waals surface area contributed by atoms with Crippen LogP contribution in [0.15, 0.2) is 5.38 Å². The Hall–Kier alpha value is -0.450. The van der Waals surface area contributed by atoms with Gasteiger partial charge in [0, 0.05) is 23.2 Å². The molecule has 2 atom stereocenters. The van der Waals surface area contributed by atoms with Gasteiger partial charge in [0.15, 0.2) is 0 Å². The van der Waals surface area contributed by atoms with E-state index < -0.39 is 0 Å². The van der Waals surface area contributed by atoms with Crippen LogP contribution in [-0.4, -0.2) is 35.1 Å². The fraction of sp³-hybridized carbons (Fsp3) is 0.800. The molecule has 1 fully saturated rings. The highest BCUT2D eigenvalue weighted by Crippen LogP contribution is 2.21. The molecule has 0 aliphatic carbocycles. The lowest BCUT2D eigenvalue weighted by molar-refractivity contribution is 0.228. The number of rotatable bonds is 4. The Morgan fingerprint density at radius 2 is 2.11 bits per heavy atom. The van der Waals surface area contributed by atoms with Gasteiger partial charge in [-0.3, -0.25) is 0 Å². The summed E-state index contributed by atoms with van der Waals surface area (Å²) in [4.78, 5) is 7.19. The average molecular weight is 281 g/mol. The van der Waals surface area contributed by atoms with Crippen LogP contribution < -0.4 is 5.32 Å². The predicted molar refractivity (Wildman–Crippen MR) is 82.7 cm³/mol. The molecule has 2 unspecified atom stereocenters. The Morgan fingerprint density at radius 1 is 1.32 bits per heavy atom. The van der Waals surface area contributed by atoms with E-state index in [9.17, 15) is 0 Å². The Bertz CT molecular complexity index is 388. The molecule has 0 amide bonds. The molecule has 0 spiro atoms. The largest absolute Gasteiger partial charge is 0.305 e. The first-order valence-electron chi connectivity index (χ1n) is 7.48. The van der Waals surface area contributed by atoms with Gasteiger partial charge in [0.05, 0.1) is 6.04 Å². The van der Waals surface area contributed by atoms with Gasteiger partial charge in [0.1, 0.15) is 5.01 Å². The van der Waals surface area contributed by atoms with Gasteiger partial charge in [0.25, 0.3) is 0 Å². The number of hydrogen-bond acceptors (Lipinski definition) is 4. The summed E-state index contributed by atoms with van der Waals surface area (Å²) in [5.41, 5.74) is 1.14. The molecule has 1 aliphatic heterocycles. The molecule has 108 valence electrons. The van der Waals surface area contributed by atoms with Crippen molar-refractivity contribution in [1.29, 1.82) is 0 Å². The Balaban J connectivity index is 1.86. The summed E-state index contributed by atoms with van der Waals surface area (Å²) in [6, 6.07) is 1.70. The van der Waals surface area contributed by atoms with Crippen LogP contribution in [0, 0.1) is 6.92 Å². The maximum Gasteiger partial charge on any atom is 0.110 e. The third kappa shape index (κ3) is 4.26. The van der Waals surface area contributed by atoms with Gasteiger partial charge in [-0.25, -0.2) is 4.98 Å². The number of thiazole rings is 1. The lowest BCUT2D eigenvalue weighted by Crippen LogP contribution is -2.34. The van der Waals surface area contributed by atoms with Crippen LogP contribution in [0.3, 0.4) is 0 Å². The van der Waals surface area contributed by atoms with Crippen LogP contribution >= 0.6 is 11.3 Å². The van der Waals surface area contributed by atoms with E-state index >= 15 is 0 Å². The zero-order valence-corrected chi connectivity index (χ0v) is 13.5. The van der Waals surface area contributed by atoms with E-state index in [0.29, 0.717) is 18.1 Å². The summed E-state index contributed by atoms with van der Waals surface area (Å²) in [6.07, 6.45) is 3.85. The quantitative estimate of drug-likeness (QED) is 0.917. The molecular formula is C15H27N3S. The maximum absolute atomic E-state index is 4.59. The fourth-order valence-corrected chi connectivity index (χ4v) is 3.61. The fourth-order valence-electron chi connectivity index (χ4n) is 2.80. The van der Waals surface area contributed by atoms with Gasteiger partial charge in [-0.1, -0.05) is 0 Å². The second kappa shape index (κ2) is 6.82. The summed E-state index contributed by atoms with van der Waals surface area (Å²) in [7, 11) is 0. The van der Waals surface area contributed by atoms with E-state index in [-0.39, 0.29) is 0 Å². The maximum atomic E-state index is 4.59. The van der Waals surface area contributed by atoms with Crippen molar-refractivity contribution in [3.05, 3.63) is 16.1 Å². The SMILES string of the molecule is Cc1csc(C(C)NC2CCCN(C(C)C)CC2)n1. The first-order valence-corrected chi connectivity index (χ1v) is 8.36. The highest BCUT2D eigenvalue weighted by molar-refractivity contribution is 7.09. The topological polar surface area (TPSA) is 28.2 Å². The number of likely N-dealkylation sites (tertiary alicyclic amines) is 1. The minimum Gasteiger partial charge on any atom is -0.305 e. The van der Waals surface area contributed by atoms with Crippen molar-refractivity contribution in [2.45, 2.75) is 65.1 Å². The lowest BCUT2D eigenvalue weighted by Gasteiger charge is -2.25. The normalized spacial score (nSPS) is 23.5. The molecule has 1 saturated heterocycles. The Morgan fingerprint density at radius 3 is 2.74 bits per heavy atom. The zero-order valence-electron chi connectivity index (χ0n) is 12.6. The van der Waals surface area contributed by atoms with Crippen LogP contribution in [0.2, 0.25) is 0 Å². The third-order valence-electron chi connectivity index (χ3n) is 3.99. The summed E-state index contributed by atoms with van der Waals surface area (Å²) >= 11 is 1.77. The van der Waals surface area contributed by atoms with Gasteiger partial charge < -0.3 is 10.2 Å². The van der Waals surface area contributed by atoms with Gasteiger partial charge in [0.2, 0.25) is 0 Å². The van der Waals surface area contributed by atoms with E-state index in [2.05, 4.69) is 48.3 Å². The molecule has 1 N–H and O–H groups in total. The number of nitrogens with zero attached hydrogens (tertiary/aromatic N) is 2. The molecule has 19 heavy (non-hydrogen) atoms. The molecule has 1 aromatic heterocycles. The monoisotopic (exact) mass is 281 g/mol. The molecule has 4 heteroatoms. The van der Waals surface area contributed by atoms with Gasteiger partial charge >= 0.3 is 0 Å². The first-order chi connectivity index (χ1) is 9.06. The zero-order chi connectivity index (χ0) is 13.8. The summed E-state index contributed by atoms with van der Waals surface area (Å²) in [6.45, 7) is 11.4. The molecule has 2 rings (SSSR count). The molecule has 0 bridgehead atoms. The van der Waals surface area contributed by atoms with Crippen molar-refractivity contribution in [3.63, 3.8) is 0 Å². The van der Waals surface area contributed by atoms with Crippen LogP contribution in [0.25, 0.3) is 0 Å². The number of hydrogen-bond donors (Lipinski definition) is 1. The van der Waals surface area contributed by atoms with Crippen molar-refractivity contribution in [3.8, 4) is 0 Å². The molecule has 0 radical (unpaired) electrons. The lowest BCUT2D eigenvalue weighted by atomic mass is 10.1. The molecule has 0 saturated carbocycles. The number of nitrogens with one attached hydrogen (secondary N) is 1. The predicted octanol–water partition coefficient (Wildman–Crippen LogP) is 3.37. The second-order valence-corrected chi connectivity index (χ2v) is 6.86. The van der Waals surface area contributed by atoms with E-state index in [1.165, 1.54) is 37.4 Å². The van der Waals surface area contributed by atoms with E-state index in [4.69, 9.17) is 0 Å². The molecule has 1 aromatic rings. The molecule has 1 aliphatic rings. The molecule has 2 heterocycles. The minimum atomic E-state index is 0.384. The van der Waals surface area contributed by atoms with Crippen molar-refractivity contribution < 1.29 is 0 Å². The minimum absolute atomic E-state index is 0.384. The molecule has 3 nitrogen and oxygen atoms in total. The smallest absolute Gasteiger partial charge is 0.110 e. The molecular weight excluding hydrogens is 254 g/mol. The van der Waals surface area contributed by atoms with Crippen LogP contribution in [0.4, 0.5) is 0 Å². The van der Waals surface area contributed by atoms with Crippen molar-refractivity contribution in [2.24, 2.45) is 0 Å². The van der Waals surface area contributed by atoms with E-state index in [1.54, 1.807) is 11.3 Å². The average Bonchev–Trinajstić information content (AvgIpc) is 2.65. The van der Waals surface area contributed by atoms with Gasteiger partial charge in [-0.2, -0.15) is 0 Å². The first kappa shape index (κ1) is 14.9.